The van der Waals surface area contributed by atoms with Crippen LogP contribution in [0.25, 0.3) is 0 Å². The average Bonchev–Trinajstić information content (AvgIpc) is 2.75. The Hall–Kier alpha value is -2.63. The quantitative estimate of drug-likeness (QED) is 0.167. The molecule has 0 unspecified atom stereocenters. The molecule has 0 radical (unpaired) electrons. The van der Waals surface area contributed by atoms with Crippen molar-refractivity contribution < 1.29 is 14.3 Å². The molecule has 1 aromatic rings. The van der Waals surface area contributed by atoms with Gasteiger partial charge in [-0.2, -0.15) is 5.10 Å². The minimum Gasteiger partial charge on any atom is -0.490 e. The summed E-state index contributed by atoms with van der Waals surface area (Å²) in [5.41, 5.74) is 3.21. The number of unbranched alkanes of at least 4 members (excludes halogenated alkanes) is 8. The highest BCUT2D eigenvalue weighted by molar-refractivity contribution is 5.86. The van der Waals surface area contributed by atoms with E-state index in [1.54, 1.807) is 6.08 Å². The van der Waals surface area contributed by atoms with E-state index < -0.39 is 0 Å². The van der Waals surface area contributed by atoms with Gasteiger partial charge < -0.3 is 10.1 Å². The normalized spacial score (nSPS) is 10.7. The molecule has 2 amide bonds. The van der Waals surface area contributed by atoms with Gasteiger partial charge in [0.15, 0.2) is 0 Å². The average molecular weight is 416 g/mol. The maximum absolute atomic E-state index is 11.8. The molecule has 30 heavy (non-hydrogen) atoms. The largest absolute Gasteiger partial charge is 0.490 e. The molecule has 0 spiro atoms. The first-order valence-corrected chi connectivity index (χ1v) is 11.1. The van der Waals surface area contributed by atoms with Gasteiger partial charge >= 0.3 is 0 Å². The molecule has 0 heterocycles. The number of benzene rings is 1. The summed E-state index contributed by atoms with van der Waals surface area (Å²) < 4.78 is 5.45. The van der Waals surface area contributed by atoms with E-state index in [0.29, 0.717) is 18.8 Å². The van der Waals surface area contributed by atoms with Gasteiger partial charge in [-0.25, -0.2) is 5.43 Å². The maximum Gasteiger partial charge on any atom is 0.259 e. The summed E-state index contributed by atoms with van der Waals surface area (Å²) in [6, 6.07) is 7.34. The molecule has 6 heteroatoms. The SMILES string of the molecule is C=CCOc1cccc(/C=N\NC(=O)CNC(=O)CCCCCCCCCCC)c1. The summed E-state index contributed by atoms with van der Waals surface area (Å²) in [5, 5.41) is 6.55. The van der Waals surface area contributed by atoms with Crippen molar-refractivity contribution in [2.45, 2.75) is 71.1 Å². The molecule has 0 aliphatic heterocycles. The number of hydrazone groups is 1. The Bertz CT molecular complexity index is 659. The number of amides is 2. The van der Waals surface area contributed by atoms with Crippen molar-refractivity contribution in [3.05, 3.63) is 42.5 Å². The summed E-state index contributed by atoms with van der Waals surface area (Å²) in [6.07, 6.45) is 14.6. The van der Waals surface area contributed by atoms with Gasteiger partial charge in [0.1, 0.15) is 12.4 Å². The minimum absolute atomic E-state index is 0.0733. The van der Waals surface area contributed by atoms with Crippen LogP contribution in [0.1, 0.15) is 76.7 Å². The molecule has 0 saturated carbocycles. The van der Waals surface area contributed by atoms with Gasteiger partial charge in [0.05, 0.1) is 12.8 Å². The smallest absolute Gasteiger partial charge is 0.259 e. The molecule has 2 N–H and O–H groups in total. The van der Waals surface area contributed by atoms with Crippen LogP contribution >= 0.6 is 0 Å². The molecular weight excluding hydrogens is 378 g/mol. The Morgan fingerprint density at radius 2 is 1.73 bits per heavy atom. The van der Waals surface area contributed by atoms with Gasteiger partial charge in [0.25, 0.3) is 5.91 Å². The molecule has 6 nitrogen and oxygen atoms in total. The lowest BCUT2D eigenvalue weighted by Crippen LogP contribution is -2.34. The molecule has 0 aliphatic carbocycles. The van der Waals surface area contributed by atoms with E-state index in [9.17, 15) is 9.59 Å². The van der Waals surface area contributed by atoms with E-state index in [0.717, 1.165) is 18.4 Å². The molecule has 0 fully saturated rings. The van der Waals surface area contributed by atoms with Gasteiger partial charge in [-0.15, -0.1) is 0 Å². The number of hydrogen-bond donors (Lipinski definition) is 2. The Morgan fingerprint density at radius 1 is 1.03 bits per heavy atom. The highest BCUT2D eigenvalue weighted by atomic mass is 16.5. The zero-order valence-corrected chi connectivity index (χ0v) is 18.3. The molecule has 0 bridgehead atoms. The zero-order valence-electron chi connectivity index (χ0n) is 18.3. The second kappa shape index (κ2) is 17.2. The second-order valence-electron chi connectivity index (χ2n) is 7.32. The summed E-state index contributed by atoms with van der Waals surface area (Å²) in [4.78, 5) is 23.6. The summed E-state index contributed by atoms with van der Waals surface area (Å²) in [6.45, 7) is 6.19. The van der Waals surface area contributed by atoms with Crippen molar-refractivity contribution in [3.8, 4) is 5.75 Å². The summed E-state index contributed by atoms with van der Waals surface area (Å²) in [7, 11) is 0. The monoisotopic (exact) mass is 415 g/mol. The van der Waals surface area contributed by atoms with E-state index in [1.807, 2.05) is 24.3 Å². The van der Waals surface area contributed by atoms with Gasteiger partial charge in [-0.05, 0) is 24.1 Å². The predicted molar refractivity (Wildman–Crippen MR) is 123 cm³/mol. The molecule has 0 aliphatic rings. The number of hydrogen-bond acceptors (Lipinski definition) is 4. The first-order valence-electron chi connectivity index (χ1n) is 11.1. The van der Waals surface area contributed by atoms with Crippen LogP contribution in [0, 0.1) is 0 Å². The highest BCUT2D eigenvalue weighted by Gasteiger charge is 2.04. The first kappa shape index (κ1) is 25.4. The van der Waals surface area contributed by atoms with Crippen LogP contribution < -0.4 is 15.5 Å². The lowest BCUT2D eigenvalue weighted by Gasteiger charge is -2.05. The van der Waals surface area contributed by atoms with Crippen molar-refractivity contribution >= 4 is 18.0 Å². The van der Waals surface area contributed by atoms with Crippen LogP contribution in [-0.4, -0.2) is 31.2 Å². The molecule has 1 aromatic carbocycles. The van der Waals surface area contributed by atoms with Crippen LogP contribution in [0.5, 0.6) is 5.75 Å². The van der Waals surface area contributed by atoms with E-state index in [2.05, 4.69) is 29.3 Å². The fourth-order valence-electron chi connectivity index (χ4n) is 2.92. The topological polar surface area (TPSA) is 79.8 Å². The van der Waals surface area contributed by atoms with Crippen molar-refractivity contribution in [1.82, 2.24) is 10.7 Å². The maximum atomic E-state index is 11.8. The van der Waals surface area contributed by atoms with Crippen molar-refractivity contribution in [2.75, 3.05) is 13.2 Å². The lowest BCUT2D eigenvalue weighted by atomic mass is 10.1. The Morgan fingerprint density at radius 3 is 2.43 bits per heavy atom. The summed E-state index contributed by atoms with van der Waals surface area (Å²) >= 11 is 0. The van der Waals surface area contributed by atoms with Gasteiger partial charge in [0.2, 0.25) is 5.91 Å². The number of carbonyl (C=O) groups is 2. The van der Waals surface area contributed by atoms with Gasteiger partial charge in [-0.1, -0.05) is 83.1 Å². The van der Waals surface area contributed by atoms with E-state index in [4.69, 9.17) is 4.74 Å². The lowest BCUT2D eigenvalue weighted by molar-refractivity contribution is -0.126. The van der Waals surface area contributed by atoms with Gasteiger partial charge in [0, 0.05) is 6.42 Å². The minimum atomic E-state index is -0.356. The fourth-order valence-corrected chi connectivity index (χ4v) is 2.92. The van der Waals surface area contributed by atoms with Crippen molar-refractivity contribution in [3.63, 3.8) is 0 Å². The fraction of sp³-hybridized carbons (Fsp3) is 0.542. The van der Waals surface area contributed by atoms with E-state index >= 15 is 0 Å². The number of ether oxygens (including phenoxy) is 1. The van der Waals surface area contributed by atoms with Crippen LogP contribution in [0.15, 0.2) is 42.0 Å². The highest BCUT2D eigenvalue weighted by Crippen LogP contribution is 2.12. The van der Waals surface area contributed by atoms with Crippen LogP contribution in [0.4, 0.5) is 0 Å². The zero-order chi connectivity index (χ0) is 21.9. The molecular formula is C24H37N3O3. The number of carbonyl (C=O) groups excluding carboxylic acids is 2. The van der Waals surface area contributed by atoms with Gasteiger partial charge in [-0.3, -0.25) is 9.59 Å². The van der Waals surface area contributed by atoms with Crippen LogP contribution in [0.3, 0.4) is 0 Å². The Labute approximate surface area is 181 Å². The predicted octanol–water partition coefficient (Wildman–Crippen LogP) is 4.74. The second-order valence-corrected chi connectivity index (χ2v) is 7.32. The van der Waals surface area contributed by atoms with E-state index in [1.165, 1.54) is 51.2 Å². The molecule has 0 saturated heterocycles. The molecule has 1 rings (SSSR count). The standard InChI is InChI=1S/C24H37N3O3/c1-3-5-6-7-8-9-10-11-12-16-23(28)25-20-24(29)27-26-19-21-14-13-15-22(18-21)30-17-4-2/h4,13-15,18-19H,2-3,5-12,16-17,20H2,1H3,(H,25,28)(H,27,29)/b26-19-. The van der Waals surface area contributed by atoms with Crippen molar-refractivity contribution in [2.24, 2.45) is 5.10 Å². The third-order valence-electron chi connectivity index (χ3n) is 4.58. The first-order chi connectivity index (χ1) is 14.7. The van der Waals surface area contributed by atoms with Crippen molar-refractivity contribution in [1.29, 1.82) is 0 Å². The number of nitrogens with one attached hydrogen (secondary N) is 2. The Balaban J connectivity index is 2.10. The Kier molecular flexibility index (Phi) is 14.6. The molecule has 166 valence electrons. The summed E-state index contributed by atoms with van der Waals surface area (Å²) in [5.74, 6) is 0.254. The number of nitrogens with zero attached hydrogens (tertiary/aromatic N) is 1. The molecule has 0 atom stereocenters. The van der Waals surface area contributed by atoms with E-state index in [-0.39, 0.29) is 18.4 Å². The third-order valence-corrected chi connectivity index (χ3v) is 4.58. The van der Waals surface area contributed by atoms with Crippen LogP contribution in [0.2, 0.25) is 0 Å². The number of rotatable bonds is 17. The van der Waals surface area contributed by atoms with Crippen LogP contribution in [-0.2, 0) is 9.59 Å². The third kappa shape index (κ3) is 13.5. The molecule has 0 aromatic heterocycles.